The highest BCUT2D eigenvalue weighted by Gasteiger charge is 2.29. The van der Waals surface area contributed by atoms with Crippen LogP contribution < -0.4 is 11.5 Å². The lowest BCUT2D eigenvalue weighted by Crippen LogP contribution is -2.24. The number of halogens is 1. The van der Waals surface area contributed by atoms with Gasteiger partial charge in [-0.05, 0) is 39.9 Å². The third-order valence-electron chi connectivity index (χ3n) is 3.74. The number of aliphatic hydroxyl groups is 2. The van der Waals surface area contributed by atoms with Gasteiger partial charge in [0.05, 0.1) is 6.61 Å². The van der Waals surface area contributed by atoms with Gasteiger partial charge in [0.15, 0.2) is 5.96 Å². The van der Waals surface area contributed by atoms with E-state index in [4.69, 9.17) is 11.5 Å². The minimum atomic E-state index is -0.844. The third-order valence-corrected chi connectivity index (χ3v) is 3.74. The van der Waals surface area contributed by atoms with Crippen LogP contribution in [0.4, 0.5) is 0 Å². The summed E-state index contributed by atoms with van der Waals surface area (Å²) in [5, 5.41) is 19.9. The summed E-state index contributed by atoms with van der Waals surface area (Å²) < 4.78 is 0. The van der Waals surface area contributed by atoms with E-state index in [0.717, 1.165) is 16.7 Å². The molecule has 0 spiro atoms. The van der Waals surface area contributed by atoms with Gasteiger partial charge in [-0.1, -0.05) is 24.3 Å². The van der Waals surface area contributed by atoms with Crippen LogP contribution in [0, 0.1) is 0 Å². The standard InChI is InChI=1S/C16H15N3O3.ClH/c17-16(18)19-15(22)8-4-5-10-12(6-8)14(21)11-3-1-2-9(7-20)13(10)11;/h1-6,14,20-21H,7H2,(H4,17,18,19,22);1H. The van der Waals surface area contributed by atoms with Gasteiger partial charge in [0.25, 0.3) is 5.91 Å². The van der Waals surface area contributed by atoms with Crippen LogP contribution in [0.15, 0.2) is 41.4 Å². The quantitative estimate of drug-likeness (QED) is 0.484. The molecule has 0 bridgehead atoms. The van der Waals surface area contributed by atoms with Crippen molar-refractivity contribution < 1.29 is 15.0 Å². The Bertz CT molecular complexity index is 801. The second-order valence-corrected chi connectivity index (χ2v) is 5.09. The molecule has 1 aliphatic carbocycles. The van der Waals surface area contributed by atoms with Crippen LogP contribution in [-0.2, 0) is 6.61 Å². The van der Waals surface area contributed by atoms with Crippen molar-refractivity contribution in [2.24, 2.45) is 16.5 Å². The van der Waals surface area contributed by atoms with Crippen molar-refractivity contribution in [1.82, 2.24) is 0 Å². The summed E-state index contributed by atoms with van der Waals surface area (Å²) in [7, 11) is 0. The van der Waals surface area contributed by atoms with Gasteiger partial charge < -0.3 is 21.7 Å². The maximum absolute atomic E-state index is 11.9. The summed E-state index contributed by atoms with van der Waals surface area (Å²) >= 11 is 0. The number of rotatable bonds is 2. The second kappa shape index (κ2) is 6.37. The van der Waals surface area contributed by atoms with E-state index in [1.807, 2.05) is 0 Å². The Kier molecular flexibility index (Phi) is 4.70. The Labute approximate surface area is 138 Å². The minimum Gasteiger partial charge on any atom is -0.392 e. The maximum atomic E-state index is 11.9. The van der Waals surface area contributed by atoms with Crippen molar-refractivity contribution in [3.05, 3.63) is 58.7 Å². The number of nitrogens with two attached hydrogens (primary N) is 2. The predicted octanol–water partition coefficient (Wildman–Crippen LogP) is 1.08. The first-order valence-electron chi connectivity index (χ1n) is 6.72. The van der Waals surface area contributed by atoms with Gasteiger partial charge in [-0.25, -0.2) is 0 Å². The molecule has 0 heterocycles. The molecule has 0 radical (unpaired) electrons. The van der Waals surface area contributed by atoms with Crippen molar-refractivity contribution in [2.45, 2.75) is 12.7 Å². The molecule has 1 amide bonds. The number of aliphatic hydroxyl groups excluding tert-OH is 2. The molecule has 0 saturated heterocycles. The average molecular weight is 334 g/mol. The van der Waals surface area contributed by atoms with E-state index in [0.29, 0.717) is 16.7 Å². The normalized spacial score (nSPS) is 14.4. The molecule has 1 aliphatic rings. The summed E-state index contributed by atoms with van der Waals surface area (Å²) in [4.78, 5) is 15.4. The Morgan fingerprint density at radius 2 is 1.91 bits per heavy atom. The SMILES string of the molecule is Cl.NC(N)=NC(=O)c1ccc2c(c1)C(O)c1cccc(CO)c1-2. The first-order chi connectivity index (χ1) is 10.5. The van der Waals surface area contributed by atoms with Gasteiger partial charge in [0, 0.05) is 5.56 Å². The molecule has 0 aromatic heterocycles. The van der Waals surface area contributed by atoms with E-state index in [9.17, 15) is 15.0 Å². The first-order valence-corrected chi connectivity index (χ1v) is 6.72. The summed E-state index contributed by atoms with van der Waals surface area (Å²) in [5.74, 6) is -0.870. The van der Waals surface area contributed by atoms with Crippen LogP contribution in [0.3, 0.4) is 0 Å². The van der Waals surface area contributed by atoms with Crippen molar-refractivity contribution in [3.63, 3.8) is 0 Å². The van der Waals surface area contributed by atoms with E-state index in [-0.39, 0.29) is 25.0 Å². The minimum absolute atomic E-state index is 0. The van der Waals surface area contributed by atoms with Gasteiger partial charge in [0.2, 0.25) is 0 Å². The molecular weight excluding hydrogens is 318 g/mol. The van der Waals surface area contributed by atoms with Crippen LogP contribution in [0.25, 0.3) is 11.1 Å². The fraction of sp³-hybridized carbons (Fsp3) is 0.125. The highest BCUT2D eigenvalue weighted by Crippen LogP contribution is 2.45. The topological polar surface area (TPSA) is 122 Å². The number of carbonyl (C=O) groups excluding carboxylic acids is 1. The molecule has 1 unspecified atom stereocenters. The highest BCUT2D eigenvalue weighted by atomic mass is 35.5. The predicted molar refractivity (Wildman–Crippen MR) is 89.3 cm³/mol. The zero-order valence-electron chi connectivity index (χ0n) is 12.1. The Morgan fingerprint density at radius 1 is 1.17 bits per heavy atom. The molecule has 0 aliphatic heterocycles. The van der Waals surface area contributed by atoms with Gasteiger partial charge in [-0.15, -0.1) is 12.4 Å². The fourth-order valence-electron chi connectivity index (χ4n) is 2.81. The Hall–Kier alpha value is -2.41. The zero-order valence-corrected chi connectivity index (χ0v) is 12.9. The molecular formula is C16H16ClN3O3. The Morgan fingerprint density at radius 3 is 2.57 bits per heavy atom. The maximum Gasteiger partial charge on any atom is 0.280 e. The van der Waals surface area contributed by atoms with Crippen LogP contribution in [-0.4, -0.2) is 22.1 Å². The fourth-order valence-corrected chi connectivity index (χ4v) is 2.81. The lowest BCUT2D eigenvalue weighted by atomic mass is 9.99. The molecule has 23 heavy (non-hydrogen) atoms. The third kappa shape index (κ3) is 2.79. The molecule has 1 atom stereocenters. The average Bonchev–Trinajstić information content (AvgIpc) is 2.79. The number of fused-ring (bicyclic) bond motifs is 3. The number of guanidine groups is 1. The first kappa shape index (κ1) is 17.0. The van der Waals surface area contributed by atoms with E-state index in [1.54, 1.807) is 36.4 Å². The number of amides is 1. The number of hydrogen-bond acceptors (Lipinski definition) is 3. The number of aliphatic imine (C=N–C) groups is 1. The van der Waals surface area contributed by atoms with Gasteiger partial charge >= 0.3 is 0 Å². The summed E-state index contributed by atoms with van der Waals surface area (Å²) in [6, 6.07) is 10.3. The van der Waals surface area contributed by atoms with E-state index < -0.39 is 12.0 Å². The summed E-state index contributed by atoms with van der Waals surface area (Å²) in [6.07, 6.45) is -0.844. The summed E-state index contributed by atoms with van der Waals surface area (Å²) in [5.41, 5.74) is 14.4. The number of hydrogen-bond donors (Lipinski definition) is 4. The molecule has 6 nitrogen and oxygen atoms in total. The monoisotopic (exact) mass is 333 g/mol. The summed E-state index contributed by atoms with van der Waals surface area (Å²) in [6.45, 7) is -0.121. The van der Waals surface area contributed by atoms with Crippen molar-refractivity contribution in [3.8, 4) is 11.1 Å². The molecule has 120 valence electrons. The van der Waals surface area contributed by atoms with Crippen molar-refractivity contribution >= 4 is 24.3 Å². The number of benzene rings is 2. The van der Waals surface area contributed by atoms with Crippen LogP contribution >= 0.6 is 12.4 Å². The van der Waals surface area contributed by atoms with Gasteiger partial charge in [0.1, 0.15) is 6.10 Å². The molecule has 6 N–H and O–H groups in total. The van der Waals surface area contributed by atoms with Gasteiger partial charge in [-0.2, -0.15) is 4.99 Å². The lowest BCUT2D eigenvalue weighted by Gasteiger charge is -2.07. The van der Waals surface area contributed by atoms with Crippen molar-refractivity contribution in [1.29, 1.82) is 0 Å². The second-order valence-electron chi connectivity index (χ2n) is 5.09. The molecule has 2 aromatic rings. The smallest absolute Gasteiger partial charge is 0.280 e. The van der Waals surface area contributed by atoms with Gasteiger partial charge in [-0.3, -0.25) is 4.79 Å². The molecule has 2 aromatic carbocycles. The van der Waals surface area contributed by atoms with Crippen LogP contribution in [0.5, 0.6) is 0 Å². The number of carbonyl (C=O) groups is 1. The molecule has 3 rings (SSSR count). The largest absolute Gasteiger partial charge is 0.392 e. The molecule has 0 fully saturated rings. The molecule has 0 saturated carbocycles. The van der Waals surface area contributed by atoms with E-state index >= 15 is 0 Å². The number of nitrogens with zero attached hydrogens (tertiary/aromatic N) is 1. The van der Waals surface area contributed by atoms with Crippen LogP contribution in [0.1, 0.15) is 33.2 Å². The highest BCUT2D eigenvalue weighted by molar-refractivity contribution is 6.02. The Balaban J connectivity index is 0.00000192. The van der Waals surface area contributed by atoms with Crippen LogP contribution in [0.2, 0.25) is 0 Å². The van der Waals surface area contributed by atoms with Crippen molar-refractivity contribution in [2.75, 3.05) is 0 Å². The molecule has 7 heteroatoms. The zero-order chi connectivity index (χ0) is 15.9. The lowest BCUT2D eigenvalue weighted by molar-refractivity contribution is 0.100. The van der Waals surface area contributed by atoms with E-state index in [2.05, 4.69) is 4.99 Å². The van der Waals surface area contributed by atoms with E-state index in [1.165, 1.54) is 0 Å².